The average Bonchev–Trinajstić information content (AvgIpc) is 3.33. The second-order valence-corrected chi connectivity index (χ2v) is 10.5. The number of aliphatic hydroxyl groups excluding tert-OH is 6. The van der Waals surface area contributed by atoms with E-state index in [1.54, 1.807) is 0 Å². The molecule has 2 saturated heterocycles. The third-order valence-electron chi connectivity index (χ3n) is 7.50. The lowest BCUT2D eigenvalue weighted by atomic mass is 9.98. The van der Waals surface area contributed by atoms with Gasteiger partial charge in [0.05, 0.1) is 26.4 Å². The summed E-state index contributed by atoms with van der Waals surface area (Å²) in [6, 6.07) is 7.83. The number of methoxy groups -OCH3 is 2. The second kappa shape index (κ2) is 15.2. The summed E-state index contributed by atoms with van der Waals surface area (Å²) >= 11 is 0. The maximum absolute atomic E-state index is 12.9. The molecule has 0 bridgehead atoms. The lowest BCUT2D eigenvalue weighted by Crippen LogP contribution is -2.63. The summed E-state index contributed by atoms with van der Waals surface area (Å²) < 4.78 is 37.5. The SMILES string of the molecule is COc1cc(C=CC(=O)OC2C(O)C(CO)O[C@]2(CO)OC2OC(COC(=O)c3ccc(O)cc3)C(O)C(O)C2O)cc(OC)c1O. The van der Waals surface area contributed by atoms with E-state index in [0.717, 1.165) is 6.08 Å². The number of hydrogen-bond donors (Lipinski definition) is 8. The standard InChI is InChI=1S/C30H36O17/c1-41-17-9-14(10-18(42-2)22(17)35)3-8-21(34)45-27-24(37)19(11-31)46-30(27,13-32)47-29-26(39)25(38)23(36)20(44-29)12-43-28(40)15-4-6-16(33)7-5-15/h3-10,19-20,23-27,29,31-33,35-39H,11-13H2,1-2H3/t19?,20?,23?,24?,25?,26?,27?,29?,30-/m1/s1. The van der Waals surface area contributed by atoms with E-state index in [9.17, 15) is 50.4 Å². The first-order valence-corrected chi connectivity index (χ1v) is 14.1. The van der Waals surface area contributed by atoms with Gasteiger partial charge in [-0.2, -0.15) is 0 Å². The minimum absolute atomic E-state index is 0.0437. The number of phenolic OH excluding ortho intramolecular Hbond substituents is 2. The van der Waals surface area contributed by atoms with Gasteiger partial charge in [-0.25, -0.2) is 9.59 Å². The predicted octanol–water partition coefficient (Wildman–Crippen LogP) is -1.84. The van der Waals surface area contributed by atoms with Crippen LogP contribution in [-0.2, 0) is 28.5 Å². The van der Waals surface area contributed by atoms with Gasteiger partial charge in [-0.05, 0) is 48.0 Å². The van der Waals surface area contributed by atoms with Crippen LogP contribution in [0.15, 0.2) is 42.5 Å². The van der Waals surface area contributed by atoms with Gasteiger partial charge in [-0.15, -0.1) is 0 Å². The normalized spacial score (nSPS) is 30.6. The quantitative estimate of drug-likeness (QED) is 0.0913. The van der Waals surface area contributed by atoms with Crippen LogP contribution in [0.4, 0.5) is 0 Å². The largest absolute Gasteiger partial charge is 0.508 e. The predicted molar refractivity (Wildman–Crippen MR) is 154 cm³/mol. The highest BCUT2D eigenvalue weighted by molar-refractivity contribution is 5.89. The third kappa shape index (κ3) is 7.75. The zero-order valence-electron chi connectivity index (χ0n) is 25.1. The smallest absolute Gasteiger partial charge is 0.338 e. The molecule has 0 spiro atoms. The highest BCUT2D eigenvalue weighted by atomic mass is 16.8. The van der Waals surface area contributed by atoms with Gasteiger partial charge in [0.2, 0.25) is 11.5 Å². The van der Waals surface area contributed by atoms with Crippen LogP contribution < -0.4 is 9.47 Å². The van der Waals surface area contributed by atoms with Crippen LogP contribution in [0.25, 0.3) is 6.08 Å². The van der Waals surface area contributed by atoms with Crippen molar-refractivity contribution in [1.82, 2.24) is 0 Å². The molecule has 8 unspecified atom stereocenters. The Morgan fingerprint density at radius 2 is 1.53 bits per heavy atom. The van der Waals surface area contributed by atoms with Crippen LogP contribution in [-0.4, -0.2) is 142 Å². The molecule has 0 amide bonds. The van der Waals surface area contributed by atoms with Crippen molar-refractivity contribution < 1.29 is 83.6 Å². The second-order valence-electron chi connectivity index (χ2n) is 10.5. The van der Waals surface area contributed by atoms with E-state index in [-0.39, 0.29) is 28.6 Å². The van der Waals surface area contributed by atoms with E-state index >= 15 is 0 Å². The molecule has 2 aromatic rings. The van der Waals surface area contributed by atoms with E-state index < -0.39 is 86.6 Å². The average molecular weight is 669 g/mol. The van der Waals surface area contributed by atoms with Crippen LogP contribution in [0.1, 0.15) is 15.9 Å². The Kier molecular flexibility index (Phi) is 11.6. The molecule has 2 fully saturated rings. The molecule has 17 nitrogen and oxygen atoms in total. The van der Waals surface area contributed by atoms with Gasteiger partial charge in [0.1, 0.15) is 55.6 Å². The van der Waals surface area contributed by atoms with E-state index in [2.05, 4.69) is 0 Å². The Balaban J connectivity index is 1.51. The van der Waals surface area contributed by atoms with E-state index in [1.807, 2.05) is 0 Å². The Hall–Kier alpha value is -4.04. The molecule has 4 rings (SSSR count). The van der Waals surface area contributed by atoms with Crippen molar-refractivity contribution >= 4 is 18.0 Å². The van der Waals surface area contributed by atoms with Crippen molar-refractivity contribution in [3.05, 3.63) is 53.6 Å². The van der Waals surface area contributed by atoms with Crippen LogP contribution in [0.3, 0.4) is 0 Å². The molecule has 8 N–H and O–H groups in total. The van der Waals surface area contributed by atoms with Gasteiger partial charge in [-0.1, -0.05) is 0 Å². The minimum Gasteiger partial charge on any atom is -0.508 e. The fourth-order valence-electron chi connectivity index (χ4n) is 4.94. The molecule has 2 heterocycles. The molecular formula is C30H36O17. The molecular weight excluding hydrogens is 632 g/mol. The summed E-state index contributed by atoms with van der Waals surface area (Å²) in [5.41, 5.74) is 0.379. The number of carbonyl (C=O) groups is 2. The topological polar surface area (TPSA) is 261 Å². The van der Waals surface area contributed by atoms with E-state index in [0.29, 0.717) is 5.56 Å². The Bertz CT molecular complexity index is 1390. The Labute approximate surface area is 267 Å². The van der Waals surface area contributed by atoms with Crippen LogP contribution in [0.5, 0.6) is 23.0 Å². The molecule has 9 atom stereocenters. The first kappa shape index (κ1) is 35.8. The van der Waals surface area contributed by atoms with Gasteiger partial charge >= 0.3 is 11.9 Å². The monoisotopic (exact) mass is 668 g/mol. The molecule has 2 aliphatic rings. The minimum atomic E-state index is -2.48. The maximum atomic E-state index is 12.9. The Morgan fingerprint density at radius 3 is 2.11 bits per heavy atom. The fraction of sp³-hybridized carbons (Fsp3) is 0.467. The summed E-state index contributed by atoms with van der Waals surface area (Å²) in [7, 11) is 2.62. The van der Waals surface area contributed by atoms with Crippen molar-refractivity contribution in [1.29, 1.82) is 0 Å². The lowest BCUT2D eigenvalue weighted by molar-refractivity contribution is -0.383. The zero-order chi connectivity index (χ0) is 34.5. The number of phenols is 2. The van der Waals surface area contributed by atoms with Crippen molar-refractivity contribution in [3.8, 4) is 23.0 Å². The number of aliphatic hydroxyl groups is 6. The summed E-state index contributed by atoms with van der Waals surface area (Å²) in [6.07, 6.45) is -12.1. The molecule has 17 heteroatoms. The number of esters is 2. The molecule has 2 aliphatic heterocycles. The highest BCUT2D eigenvalue weighted by Crippen LogP contribution is 2.39. The Morgan fingerprint density at radius 1 is 0.894 bits per heavy atom. The maximum Gasteiger partial charge on any atom is 0.338 e. The number of ether oxygens (including phenoxy) is 7. The van der Waals surface area contributed by atoms with E-state index in [1.165, 1.54) is 56.7 Å². The number of benzene rings is 2. The van der Waals surface area contributed by atoms with Gasteiger partial charge in [0, 0.05) is 6.08 Å². The fourth-order valence-corrected chi connectivity index (χ4v) is 4.94. The van der Waals surface area contributed by atoms with Gasteiger partial charge < -0.3 is 74.0 Å². The van der Waals surface area contributed by atoms with Gasteiger partial charge in [0.25, 0.3) is 0 Å². The van der Waals surface area contributed by atoms with Crippen LogP contribution in [0, 0.1) is 0 Å². The van der Waals surface area contributed by atoms with Gasteiger partial charge in [-0.3, -0.25) is 0 Å². The number of carbonyl (C=O) groups excluding carboxylic acids is 2. The summed E-state index contributed by atoms with van der Waals surface area (Å²) in [6.45, 7) is -2.62. The summed E-state index contributed by atoms with van der Waals surface area (Å²) in [5, 5.41) is 82.1. The molecule has 0 aromatic heterocycles. The number of hydrogen-bond acceptors (Lipinski definition) is 17. The summed E-state index contributed by atoms with van der Waals surface area (Å²) in [4.78, 5) is 25.3. The van der Waals surface area contributed by atoms with Gasteiger partial charge in [0.15, 0.2) is 23.9 Å². The van der Waals surface area contributed by atoms with Crippen molar-refractivity contribution in [3.63, 3.8) is 0 Å². The van der Waals surface area contributed by atoms with E-state index in [4.69, 9.17) is 33.2 Å². The third-order valence-corrected chi connectivity index (χ3v) is 7.50. The van der Waals surface area contributed by atoms with Crippen molar-refractivity contribution in [2.75, 3.05) is 34.0 Å². The molecule has 0 radical (unpaired) electrons. The van der Waals surface area contributed by atoms with Crippen LogP contribution in [0.2, 0.25) is 0 Å². The number of aromatic hydroxyl groups is 2. The lowest BCUT2D eigenvalue weighted by Gasteiger charge is -2.43. The molecule has 0 aliphatic carbocycles. The van der Waals surface area contributed by atoms with Crippen molar-refractivity contribution in [2.24, 2.45) is 0 Å². The van der Waals surface area contributed by atoms with Crippen molar-refractivity contribution in [2.45, 2.75) is 54.8 Å². The molecule has 47 heavy (non-hydrogen) atoms. The molecule has 258 valence electrons. The first-order valence-electron chi connectivity index (χ1n) is 14.1. The summed E-state index contributed by atoms with van der Waals surface area (Å²) in [5.74, 6) is -4.73. The zero-order valence-corrected chi connectivity index (χ0v) is 25.1. The van der Waals surface area contributed by atoms with Crippen LogP contribution >= 0.6 is 0 Å². The molecule has 0 saturated carbocycles. The first-order chi connectivity index (χ1) is 22.4. The highest BCUT2D eigenvalue weighted by Gasteiger charge is 2.60. The number of rotatable bonds is 12. The molecule has 2 aromatic carbocycles.